The molecule has 0 bridgehead atoms. The Morgan fingerprint density at radius 1 is 1.38 bits per heavy atom. The van der Waals surface area contributed by atoms with Crippen molar-refractivity contribution in [3.63, 3.8) is 0 Å². The van der Waals surface area contributed by atoms with E-state index in [2.05, 4.69) is 35.9 Å². The van der Waals surface area contributed by atoms with Crippen LogP contribution >= 0.6 is 0 Å². The van der Waals surface area contributed by atoms with Crippen molar-refractivity contribution in [2.75, 3.05) is 12.8 Å². The van der Waals surface area contributed by atoms with Crippen molar-refractivity contribution < 1.29 is 4.74 Å². The molecular formula is C17H21N3O. The van der Waals surface area contributed by atoms with Gasteiger partial charge in [-0.2, -0.15) is 0 Å². The first-order chi connectivity index (χ1) is 10.1. The molecule has 1 aliphatic carbocycles. The van der Waals surface area contributed by atoms with Gasteiger partial charge in [0.1, 0.15) is 17.9 Å². The van der Waals surface area contributed by atoms with E-state index in [0.29, 0.717) is 11.7 Å². The third-order valence-corrected chi connectivity index (χ3v) is 4.73. The van der Waals surface area contributed by atoms with Gasteiger partial charge in [-0.3, -0.25) is 0 Å². The molecular weight excluding hydrogens is 262 g/mol. The number of methoxy groups -OCH3 is 1. The van der Waals surface area contributed by atoms with E-state index >= 15 is 0 Å². The third kappa shape index (κ3) is 1.97. The van der Waals surface area contributed by atoms with Crippen molar-refractivity contribution in [2.45, 2.75) is 38.0 Å². The summed E-state index contributed by atoms with van der Waals surface area (Å²) >= 11 is 0. The average Bonchev–Trinajstić information content (AvgIpc) is 2.82. The van der Waals surface area contributed by atoms with Crippen LogP contribution in [0.25, 0.3) is 0 Å². The molecule has 110 valence electrons. The van der Waals surface area contributed by atoms with Crippen LogP contribution in [0.1, 0.15) is 49.4 Å². The Kier molecular flexibility index (Phi) is 3.32. The van der Waals surface area contributed by atoms with Crippen molar-refractivity contribution >= 4 is 5.82 Å². The molecule has 0 saturated carbocycles. The van der Waals surface area contributed by atoms with Gasteiger partial charge in [-0.25, -0.2) is 9.97 Å². The molecule has 21 heavy (non-hydrogen) atoms. The summed E-state index contributed by atoms with van der Waals surface area (Å²) < 4.78 is 5.39. The molecule has 4 nitrogen and oxygen atoms in total. The number of hydrogen-bond donors (Lipinski definition) is 1. The van der Waals surface area contributed by atoms with Crippen LogP contribution in [0.4, 0.5) is 5.82 Å². The minimum atomic E-state index is -0.116. The lowest BCUT2D eigenvalue weighted by atomic mass is 9.73. The van der Waals surface area contributed by atoms with Crippen LogP contribution in [-0.4, -0.2) is 17.1 Å². The minimum absolute atomic E-state index is 0.116. The first kappa shape index (κ1) is 13.9. The summed E-state index contributed by atoms with van der Waals surface area (Å²) in [4.78, 5) is 8.72. The van der Waals surface area contributed by atoms with Gasteiger partial charge >= 0.3 is 0 Å². The van der Waals surface area contributed by atoms with E-state index in [0.717, 1.165) is 29.8 Å². The number of ether oxygens (including phenoxy) is 1. The molecule has 0 aliphatic heterocycles. The minimum Gasteiger partial charge on any atom is -0.497 e. The Bertz CT molecular complexity index is 671. The van der Waals surface area contributed by atoms with Crippen molar-refractivity contribution in [2.24, 2.45) is 0 Å². The average molecular weight is 283 g/mol. The molecule has 0 fully saturated rings. The summed E-state index contributed by atoms with van der Waals surface area (Å²) in [5, 5.41) is 0. The zero-order valence-corrected chi connectivity index (χ0v) is 12.8. The van der Waals surface area contributed by atoms with E-state index in [1.54, 1.807) is 13.4 Å². The number of anilines is 1. The number of rotatable bonds is 3. The zero-order chi connectivity index (χ0) is 15.0. The Hall–Kier alpha value is -2.10. The van der Waals surface area contributed by atoms with Gasteiger partial charge in [0.15, 0.2) is 0 Å². The second-order valence-electron chi connectivity index (χ2n) is 5.79. The van der Waals surface area contributed by atoms with Gasteiger partial charge in [0.25, 0.3) is 0 Å². The van der Waals surface area contributed by atoms with Crippen molar-refractivity contribution in [3.05, 3.63) is 47.4 Å². The van der Waals surface area contributed by atoms with E-state index in [-0.39, 0.29) is 5.41 Å². The number of nitrogens with zero attached hydrogens (tertiary/aromatic N) is 2. The first-order valence-electron chi connectivity index (χ1n) is 7.37. The second kappa shape index (κ2) is 5.02. The number of fused-ring (bicyclic) bond motifs is 1. The molecule has 1 heterocycles. The largest absolute Gasteiger partial charge is 0.497 e. The number of aromatic nitrogens is 2. The van der Waals surface area contributed by atoms with Crippen LogP contribution in [0.5, 0.6) is 5.75 Å². The fraction of sp³-hybridized carbons (Fsp3) is 0.412. The SMILES string of the molecule is CC[C@]1(c2cccc(OC)c2)CC(C)c2ncnc(N)c21. The molecule has 4 heteroatoms. The first-order valence-corrected chi connectivity index (χ1v) is 7.37. The maximum atomic E-state index is 6.21. The van der Waals surface area contributed by atoms with E-state index in [1.807, 2.05) is 12.1 Å². The van der Waals surface area contributed by atoms with Crippen LogP contribution < -0.4 is 10.5 Å². The molecule has 1 aromatic carbocycles. The Morgan fingerprint density at radius 3 is 2.90 bits per heavy atom. The molecule has 2 atom stereocenters. The van der Waals surface area contributed by atoms with Crippen LogP contribution in [-0.2, 0) is 5.41 Å². The predicted octanol–water partition coefficient (Wildman–Crippen LogP) is 3.27. The molecule has 0 radical (unpaired) electrons. The smallest absolute Gasteiger partial charge is 0.131 e. The molecule has 1 unspecified atom stereocenters. The van der Waals surface area contributed by atoms with Crippen LogP contribution in [0.15, 0.2) is 30.6 Å². The standard InChI is InChI=1S/C17H21N3O/c1-4-17(12-6-5-7-13(8-12)21-3)9-11(2)15-14(17)16(18)20-10-19-15/h5-8,10-11H,4,9H2,1-3H3,(H2,18,19,20)/t11?,17-/m1/s1. The highest BCUT2D eigenvalue weighted by atomic mass is 16.5. The fourth-order valence-electron chi connectivity index (χ4n) is 3.71. The molecule has 1 aliphatic rings. The molecule has 0 saturated heterocycles. The topological polar surface area (TPSA) is 61.0 Å². The van der Waals surface area contributed by atoms with Gasteiger partial charge in [-0.1, -0.05) is 26.0 Å². The second-order valence-corrected chi connectivity index (χ2v) is 5.79. The van der Waals surface area contributed by atoms with Gasteiger partial charge < -0.3 is 10.5 Å². The normalized spacial score (nSPS) is 23.9. The highest BCUT2D eigenvalue weighted by molar-refractivity contribution is 5.57. The van der Waals surface area contributed by atoms with E-state index in [1.165, 1.54) is 5.56 Å². The zero-order valence-electron chi connectivity index (χ0n) is 12.8. The number of nitrogen functional groups attached to an aromatic ring is 1. The summed E-state index contributed by atoms with van der Waals surface area (Å²) in [6.45, 7) is 4.41. The van der Waals surface area contributed by atoms with Gasteiger partial charge in [0.2, 0.25) is 0 Å². The van der Waals surface area contributed by atoms with Gasteiger partial charge in [-0.05, 0) is 30.5 Å². The highest BCUT2D eigenvalue weighted by Gasteiger charge is 2.45. The Labute approximate surface area is 125 Å². The van der Waals surface area contributed by atoms with Crippen molar-refractivity contribution in [3.8, 4) is 5.75 Å². The lowest BCUT2D eigenvalue weighted by Gasteiger charge is -2.30. The summed E-state index contributed by atoms with van der Waals surface area (Å²) in [7, 11) is 1.69. The van der Waals surface area contributed by atoms with Gasteiger partial charge in [-0.15, -0.1) is 0 Å². The fourth-order valence-corrected chi connectivity index (χ4v) is 3.71. The molecule has 3 rings (SSSR count). The van der Waals surface area contributed by atoms with E-state index in [9.17, 15) is 0 Å². The van der Waals surface area contributed by atoms with Gasteiger partial charge in [0, 0.05) is 16.9 Å². The van der Waals surface area contributed by atoms with Crippen LogP contribution in [0.2, 0.25) is 0 Å². The monoisotopic (exact) mass is 283 g/mol. The summed E-state index contributed by atoms with van der Waals surface area (Å²) in [6.07, 6.45) is 3.55. The molecule has 0 amide bonds. The summed E-state index contributed by atoms with van der Waals surface area (Å²) in [6, 6.07) is 8.27. The lowest BCUT2D eigenvalue weighted by Crippen LogP contribution is -2.25. The summed E-state index contributed by atoms with van der Waals surface area (Å²) in [5.41, 5.74) is 9.52. The maximum Gasteiger partial charge on any atom is 0.131 e. The molecule has 2 N–H and O–H groups in total. The molecule has 0 spiro atoms. The summed E-state index contributed by atoms with van der Waals surface area (Å²) in [5.74, 6) is 1.86. The quantitative estimate of drug-likeness (QED) is 0.939. The van der Waals surface area contributed by atoms with Crippen LogP contribution in [0, 0.1) is 0 Å². The number of nitrogens with two attached hydrogens (primary N) is 1. The lowest BCUT2D eigenvalue weighted by molar-refractivity contribution is 0.409. The Morgan fingerprint density at radius 2 is 2.19 bits per heavy atom. The molecule has 1 aromatic heterocycles. The predicted molar refractivity (Wildman–Crippen MR) is 83.5 cm³/mol. The maximum absolute atomic E-state index is 6.21. The Balaban J connectivity index is 2.23. The van der Waals surface area contributed by atoms with Crippen molar-refractivity contribution in [1.29, 1.82) is 0 Å². The van der Waals surface area contributed by atoms with Crippen molar-refractivity contribution in [1.82, 2.24) is 9.97 Å². The number of benzene rings is 1. The van der Waals surface area contributed by atoms with E-state index in [4.69, 9.17) is 10.5 Å². The third-order valence-electron chi connectivity index (χ3n) is 4.73. The van der Waals surface area contributed by atoms with Crippen LogP contribution in [0.3, 0.4) is 0 Å². The molecule has 2 aromatic rings. The highest BCUT2D eigenvalue weighted by Crippen LogP contribution is 2.52. The van der Waals surface area contributed by atoms with Gasteiger partial charge in [0.05, 0.1) is 12.8 Å². The number of hydrogen-bond acceptors (Lipinski definition) is 4. The van der Waals surface area contributed by atoms with E-state index < -0.39 is 0 Å².